The van der Waals surface area contributed by atoms with Crippen LogP contribution in [0, 0.1) is 0 Å². The van der Waals surface area contributed by atoms with Gasteiger partial charge in [0.2, 0.25) is 10.0 Å². The van der Waals surface area contributed by atoms with Crippen LogP contribution in [0.3, 0.4) is 0 Å². The molecule has 0 saturated carbocycles. The summed E-state index contributed by atoms with van der Waals surface area (Å²) in [5.41, 5.74) is 0. The monoisotopic (exact) mass is 217 g/mol. The number of rotatable bonds is 1. The number of ether oxygens (including phenoxy) is 2. The van der Waals surface area contributed by atoms with Crippen molar-refractivity contribution >= 4 is 10.0 Å². The molecule has 2 rings (SSSR count). The highest BCUT2D eigenvalue weighted by Crippen LogP contribution is 2.25. The lowest BCUT2D eigenvalue weighted by atomic mass is 10.1. The second kappa shape index (κ2) is 3.38. The van der Waals surface area contributed by atoms with Crippen LogP contribution in [0.2, 0.25) is 0 Å². The maximum atomic E-state index is 11.2. The van der Waals surface area contributed by atoms with E-state index in [4.69, 9.17) is 14.6 Å². The Kier molecular flexibility index (Phi) is 2.34. The molecule has 1 fully saturated rings. The molecular formula is C8H11NO4S. The minimum atomic E-state index is -3.63. The van der Waals surface area contributed by atoms with Crippen LogP contribution in [0.4, 0.5) is 0 Å². The third-order valence-corrected chi connectivity index (χ3v) is 3.33. The molecule has 2 unspecified atom stereocenters. The van der Waals surface area contributed by atoms with Crippen LogP contribution in [-0.4, -0.2) is 33.0 Å². The van der Waals surface area contributed by atoms with E-state index in [9.17, 15) is 8.42 Å². The zero-order valence-electron chi connectivity index (χ0n) is 7.42. The van der Waals surface area contributed by atoms with E-state index in [2.05, 4.69) is 0 Å². The van der Waals surface area contributed by atoms with Gasteiger partial charge in [0.25, 0.3) is 0 Å². The summed E-state index contributed by atoms with van der Waals surface area (Å²) >= 11 is 0. The van der Waals surface area contributed by atoms with Crippen molar-refractivity contribution in [3.05, 3.63) is 24.0 Å². The second-order valence-electron chi connectivity index (χ2n) is 3.15. The van der Waals surface area contributed by atoms with E-state index in [1.807, 2.05) is 0 Å². The molecule has 2 N–H and O–H groups in total. The van der Waals surface area contributed by atoms with Crippen molar-refractivity contribution in [2.24, 2.45) is 5.14 Å². The molecule has 14 heavy (non-hydrogen) atoms. The number of sulfonamides is 1. The van der Waals surface area contributed by atoms with Gasteiger partial charge in [-0.05, 0) is 6.08 Å². The molecule has 0 amide bonds. The number of primary sulfonamides is 1. The standard InChI is InChI=1S/C8H11NO4S/c9-14(10,11)7-3-1-2-6-8(7)13-5-4-12-6/h1-3,7-8H,4-5H2,(H2,9,10,11). The number of nitrogens with two attached hydrogens (primary N) is 1. The van der Waals surface area contributed by atoms with E-state index in [-0.39, 0.29) is 0 Å². The van der Waals surface area contributed by atoms with Gasteiger partial charge in [0.15, 0.2) is 0 Å². The summed E-state index contributed by atoms with van der Waals surface area (Å²) in [7, 11) is -3.63. The van der Waals surface area contributed by atoms with Gasteiger partial charge >= 0.3 is 0 Å². The predicted octanol–water partition coefficient (Wildman–Crippen LogP) is -0.487. The lowest BCUT2D eigenvalue weighted by Gasteiger charge is -2.31. The third kappa shape index (κ3) is 1.68. The van der Waals surface area contributed by atoms with Gasteiger partial charge in [-0.2, -0.15) is 0 Å². The topological polar surface area (TPSA) is 78.6 Å². The number of hydrogen-bond donors (Lipinski definition) is 1. The first-order valence-electron chi connectivity index (χ1n) is 4.23. The fourth-order valence-corrected chi connectivity index (χ4v) is 2.41. The summed E-state index contributed by atoms with van der Waals surface area (Å²) in [4.78, 5) is 0. The van der Waals surface area contributed by atoms with Crippen molar-refractivity contribution in [2.75, 3.05) is 13.2 Å². The van der Waals surface area contributed by atoms with E-state index in [0.29, 0.717) is 19.0 Å². The molecule has 1 aliphatic heterocycles. The average Bonchev–Trinajstić information content (AvgIpc) is 2.15. The Morgan fingerprint density at radius 3 is 2.93 bits per heavy atom. The van der Waals surface area contributed by atoms with E-state index in [0.717, 1.165) is 0 Å². The maximum Gasteiger partial charge on any atom is 0.218 e. The molecule has 6 heteroatoms. The first-order valence-corrected chi connectivity index (χ1v) is 5.84. The van der Waals surface area contributed by atoms with Crippen molar-refractivity contribution in [3.63, 3.8) is 0 Å². The Hall–Kier alpha value is -0.850. The van der Waals surface area contributed by atoms with E-state index < -0.39 is 21.4 Å². The van der Waals surface area contributed by atoms with Crippen LogP contribution >= 0.6 is 0 Å². The van der Waals surface area contributed by atoms with E-state index >= 15 is 0 Å². The average molecular weight is 217 g/mol. The molecule has 5 nitrogen and oxygen atoms in total. The van der Waals surface area contributed by atoms with Crippen LogP contribution in [0.1, 0.15) is 0 Å². The Morgan fingerprint density at radius 1 is 1.43 bits per heavy atom. The largest absolute Gasteiger partial charge is 0.493 e. The molecule has 1 saturated heterocycles. The summed E-state index contributed by atoms with van der Waals surface area (Å²) in [5, 5.41) is 4.24. The fourth-order valence-electron chi connectivity index (χ4n) is 1.54. The molecule has 1 heterocycles. The summed E-state index contributed by atoms with van der Waals surface area (Å²) < 4.78 is 33.0. The Balaban J connectivity index is 2.30. The van der Waals surface area contributed by atoms with Gasteiger partial charge in [-0.3, -0.25) is 0 Å². The smallest absolute Gasteiger partial charge is 0.218 e. The van der Waals surface area contributed by atoms with Gasteiger partial charge in [0, 0.05) is 0 Å². The molecule has 2 aliphatic rings. The van der Waals surface area contributed by atoms with Crippen LogP contribution < -0.4 is 5.14 Å². The first kappa shape index (κ1) is 9.70. The molecule has 0 bridgehead atoms. The Morgan fingerprint density at radius 2 is 2.21 bits per heavy atom. The van der Waals surface area contributed by atoms with Crippen molar-refractivity contribution < 1.29 is 17.9 Å². The van der Waals surface area contributed by atoms with Crippen LogP contribution in [0.15, 0.2) is 24.0 Å². The summed E-state index contributed by atoms with van der Waals surface area (Å²) in [6.07, 6.45) is 4.25. The van der Waals surface area contributed by atoms with Gasteiger partial charge in [0.1, 0.15) is 23.7 Å². The molecule has 0 spiro atoms. The highest BCUT2D eigenvalue weighted by atomic mass is 32.2. The minimum Gasteiger partial charge on any atom is -0.493 e. The summed E-state index contributed by atoms with van der Waals surface area (Å²) in [5.74, 6) is 0.540. The van der Waals surface area contributed by atoms with E-state index in [1.165, 1.54) is 6.08 Å². The van der Waals surface area contributed by atoms with Crippen LogP contribution in [-0.2, 0) is 19.5 Å². The van der Waals surface area contributed by atoms with Gasteiger partial charge in [0.05, 0.1) is 6.61 Å². The van der Waals surface area contributed by atoms with Gasteiger partial charge in [-0.25, -0.2) is 13.6 Å². The Labute approximate surface area is 82.2 Å². The molecule has 2 atom stereocenters. The normalized spacial score (nSPS) is 31.6. The quantitative estimate of drug-likeness (QED) is 0.643. The molecule has 78 valence electrons. The minimum absolute atomic E-state index is 0.391. The predicted molar refractivity (Wildman–Crippen MR) is 49.8 cm³/mol. The number of hydrogen-bond acceptors (Lipinski definition) is 4. The lowest BCUT2D eigenvalue weighted by molar-refractivity contribution is -0.0399. The zero-order chi connectivity index (χ0) is 10.2. The van der Waals surface area contributed by atoms with Gasteiger partial charge in [-0.1, -0.05) is 12.2 Å². The molecule has 1 aliphatic carbocycles. The highest BCUT2D eigenvalue weighted by Gasteiger charge is 2.36. The lowest BCUT2D eigenvalue weighted by Crippen LogP contribution is -2.44. The van der Waals surface area contributed by atoms with Gasteiger partial charge < -0.3 is 9.47 Å². The maximum absolute atomic E-state index is 11.2. The second-order valence-corrected chi connectivity index (χ2v) is 4.87. The van der Waals surface area contributed by atoms with Crippen molar-refractivity contribution in [2.45, 2.75) is 11.4 Å². The number of fused-ring (bicyclic) bond motifs is 1. The zero-order valence-corrected chi connectivity index (χ0v) is 8.24. The van der Waals surface area contributed by atoms with Crippen LogP contribution in [0.25, 0.3) is 0 Å². The van der Waals surface area contributed by atoms with Crippen molar-refractivity contribution in [3.8, 4) is 0 Å². The highest BCUT2D eigenvalue weighted by molar-refractivity contribution is 7.90. The summed E-state index contributed by atoms with van der Waals surface area (Å²) in [6.45, 7) is 0.843. The molecule has 0 radical (unpaired) electrons. The van der Waals surface area contributed by atoms with Crippen LogP contribution in [0.5, 0.6) is 0 Å². The van der Waals surface area contributed by atoms with E-state index in [1.54, 1.807) is 12.2 Å². The molecule has 0 aromatic heterocycles. The molecular weight excluding hydrogens is 206 g/mol. The number of allylic oxidation sites excluding steroid dienone is 2. The Bertz CT molecular complexity index is 384. The first-order chi connectivity index (χ1) is 6.59. The third-order valence-electron chi connectivity index (χ3n) is 2.17. The van der Waals surface area contributed by atoms with Crippen molar-refractivity contribution in [1.82, 2.24) is 0 Å². The summed E-state index contributed by atoms with van der Waals surface area (Å²) in [6, 6.07) is 0. The SMILES string of the molecule is NS(=O)(=O)C1C=CC=C2OCCOC21. The fraction of sp³-hybridized carbons (Fsp3) is 0.500. The molecule has 0 aromatic rings. The van der Waals surface area contributed by atoms with Gasteiger partial charge in [-0.15, -0.1) is 0 Å². The molecule has 0 aromatic carbocycles. The van der Waals surface area contributed by atoms with Crippen molar-refractivity contribution in [1.29, 1.82) is 0 Å².